The van der Waals surface area contributed by atoms with E-state index in [9.17, 15) is 5.11 Å². The maximum atomic E-state index is 9.65. The first-order valence-corrected chi connectivity index (χ1v) is 5.67. The summed E-state index contributed by atoms with van der Waals surface area (Å²) in [6.45, 7) is 3.54. The molecule has 15 heavy (non-hydrogen) atoms. The number of aliphatic hydroxyl groups is 1. The largest absolute Gasteiger partial charge is 0.393 e. The fraction of sp³-hybridized carbons (Fsp3) is 1.00. The molecule has 0 aromatic heterocycles. The second-order valence-corrected chi connectivity index (χ2v) is 3.94. The van der Waals surface area contributed by atoms with Gasteiger partial charge in [-0.2, -0.15) is 0 Å². The van der Waals surface area contributed by atoms with Crippen LogP contribution in [0, 0.1) is 5.92 Å². The van der Waals surface area contributed by atoms with Gasteiger partial charge in [-0.05, 0) is 19.3 Å². The summed E-state index contributed by atoms with van der Waals surface area (Å²) in [5.74, 6) is 0.251. The Hall–Kier alpha value is -0.160. The highest BCUT2D eigenvalue weighted by Gasteiger charge is 2.22. The van der Waals surface area contributed by atoms with Gasteiger partial charge >= 0.3 is 0 Å². The molecule has 0 spiro atoms. The Labute approximate surface area is 91.5 Å². The first kappa shape index (κ1) is 12.9. The normalized spacial score (nSPS) is 26.8. The van der Waals surface area contributed by atoms with Gasteiger partial charge in [0.05, 0.1) is 12.7 Å². The Morgan fingerprint density at radius 2 is 2.20 bits per heavy atom. The maximum absolute atomic E-state index is 9.65. The van der Waals surface area contributed by atoms with Crippen LogP contribution in [0.25, 0.3) is 0 Å². The van der Waals surface area contributed by atoms with Crippen molar-refractivity contribution in [2.45, 2.75) is 25.4 Å². The second-order valence-electron chi connectivity index (χ2n) is 3.94. The number of hydrogen-bond acceptors (Lipinski definition) is 4. The Morgan fingerprint density at radius 3 is 2.93 bits per heavy atom. The number of hydrogen-bond donors (Lipinski definition) is 1. The highest BCUT2D eigenvalue weighted by Crippen LogP contribution is 2.17. The molecular weight excluding hydrogens is 196 g/mol. The van der Waals surface area contributed by atoms with Crippen molar-refractivity contribution >= 4 is 0 Å². The lowest BCUT2D eigenvalue weighted by atomic mass is 9.96. The molecule has 0 aliphatic carbocycles. The van der Waals surface area contributed by atoms with E-state index in [1.54, 1.807) is 7.11 Å². The standard InChI is InChI=1S/C11H22O4/c1-13-5-2-6-14-7-3-10-9-15-8-4-11(10)12/h10-12H,2-9H2,1H3. The summed E-state index contributed by atoms with van der Waals surface area (Å²) >= 11 is 0. The molecule has 1 N–H and O–H groups in total. The van der Waals surface area contributed by atoms with Crippen LogP contribution in [0.2, 0.25) is 0 Å². The van der Waals surface area contributed by atoms with E-state index in [0.717, 1.165) is 32.5 Å². The van der Waals surface area contributed by atoms with Crippen molar-refractivity contribution in [1.82, 2.24) is 0 Å². The summed E-state index contributed by atoms with van der Waals surface area (Å²) in [4.78, 5) is 0. The smallest absolute Gasteiger partial charge is 0.0613 e. The van der Waals surface area contributed by atoms with Gasteiger partial charge in [-0.15, -0.1) is 0 Å². The van der Waals surface area contributed by atoms with E-state index >= 15 is 0 Å². The van der Waals surface area contributed by atoms with Gasteiger partial charge < -0.3 is 19.3 Å². The molecule has 0 aromatic carbocycles. The van der Waals surface area contributed by atoms with E-state index in [1.165, 1.54) is 0 Å². The van der Waals surface area contributed by atoms with Crippen LogP contribution in [0.4, 0.5) is 0 Å². The molecule has 1 heterocycles. The number of aliphatic hydroxyl groups excluding tert-OH is 1. The lowest BCUT2D eigenvalue weighted by Crippen LogP contribution is -2.32. The Morgan fingerprint density at radius 1 is 1.33 bits per heavy atom. The monoisotopic (exact) mass is 218 g/mol. The van der Waals surface area contributed by atoms with E-state index in [1.807, 2.05) is 0 Å². The van der Waals surface area contributed by atoms with Gasteiger partial charge in [-0.3, -0.25) is 0 Å². The average Bonchev–Trinajstić information content (AvgIpc) is 2.25. The van der Waals surface area contributed by atoms with Gasteiger partial charge in [0.2, 0.25) is 0 Å². The molecule has 1 saturated heterocycles. The fourth-order valence-corrected chi connectivity index (χ4v) is 1.70. The van der Waals surface area contributed by atoms with Crippen molar-refractivity contribution in [1.29, 1.82) is 0 Å². The van der Waals surface area contributed by atoms with Crippen LogP contribution >= 0.6 is 0 Å². The van der Waals surface area contributed by atoms with E-state index in [4.69, 9.17) is 14.2 Å². The van der Waals surface area contributed by atoms with Crippen LogP contribution < -0.4 is 0 Å². The molecule has 0 radical (unpaired) electrons. The minimum absolute atomic E-state index is 0.207. The summed E-state index contributed by atoms with van der Waals surface area (Å²) < 4.78 is 15.7. The molecule has 4 nitrogen and oxygen atoms in total. The molecule has 0 bridgehead atoms. The zero-order chi connectivity index (χ0) is 10.9. The Kier molecular flexibility index (Phi) is 6.92. The average molecular weight is 218 g/mol. The zero-order valence-electron chi connectivity index (χ0n) is 9.48. The highest BCUT2D eigenvalue weighted by atomic mass is 16.5. The van der Waals surface area contributed by atoms with E-state index < -0.39 is 0 Å². The lowest BCUT2D eigenvalue weighted by Gasteiger charge is -2.27. The Balaban J connectivity index is 1.94. The summed E-state index contributed by atoms with van der Waals surface area (Å²) in [6, 6.07) is 0. The van der Waals surface area contributed by atoms with Crippen molar-refractivity contribution < 1.29 is 19.3 Å². The van der Waals surface area contributed by atoms with Crippen molar-refractivity contribution in [3.8, 4) is 0 Å². The third-order valence-corrected chi connectivity index (χ3v) is 2.70. The summed E-state index contributed by atoms with van der Waals surface area (Å²) in [6.07, 6.45) is 2.37. The Bertz CT molecular complexity index is 152. The molecule has 1 aliphatic heterocycles. The van der Waals surface area contributed by atoms with Crippen molar-refractivity contribution in [2.24, 2.45) is 5.92 Å². The first-order chi connectivity index (χ1) is 7.34. The van der Waals surface area contributed by atoms with Crippen LogP contribution in [-0.4, -0.2) is 51.4 Å². The van der Waals surface area contributed by atoms with Gasteiger partial charge in [0.15, 0.2) is 0 Å². The number of ether oxygens (including phenoxy) is 3. The van der Waals surface area contributed by atoms with Gasteiger partial charge in [0, 0.05) is 39.5 Å². The number of methoxy groups -OCH3 is 1. The van der Waals surface area contributed by atoms with Crippen molar-refractivity contribution in [2.75, 3.05) is 40.1 Å². The third-order valence-electron chi connectivity index (χ3n) is 2.70. The molecule has 0 aromatic rings. The molecule has 2 atom stereocenters. The lowest BCUT2D eigenvalue weighted by molar-refractivity contribution is -0.0473. The van der Waals surface area contributed by atoms with E-state index in [2.05, 4.69) is 0 Å². The topological polar surface area (TPSA) is 47.9 Å². The predicted octanol–water partition coefficient (Wildman–Crippen LogP) is 0.827. The minimum atomic E-state index is -0.207. The van der Waals surface area contributed by atoms with Crippen LogP contribution in [0.15, 0.2) is 0 Å². The van der Waals surface area contributed by atoms with Crippen LogP contribution in [0.3, 0.4) is 0 Å². The third kappa shape index (κ3) is 5.47. The molecule has 1 rings (SSSR count). The molecule has 1 fully saturated rings. The minimum Gasteiger partial charge on any atom is -0.393 e. The maximum Gasteiger partial charge on any atom is 0.0613 e. The van der Waals surface area contributed by atoms with Crippen LogP contribution in [0.5, 0.6) is 0 Å². The molecule has 0 amide bonds. The van der Waals surface area contributed by atoms with Crippen LogP contribution in [-0.2, 0) is 14.2 Å². The summed E-state index contributed by atoms with van der Waals surface area (Å²) in [5.41, 5.74) is 0. The molecule has 4 heteroatoms. The molecule has 2 unspecified atom stereocenters. The predicted molar refractivity (Wildman–Crippen MR) is 56.9 cm³/mol. The van der Waals surface area contributed by atoms with Crippen LogP contribution in [0.1, 0.15) is 19.3 Å². The van der Waals surface area contributed by atoms with Gasteiger partial charge in [0.25, 0.3) is 0 Å². The van der Waals surface area contributed by atoms with Crippen molar-refractivity contribution in [3.05, 3.63) is 0 Å². The SMILES string of the molecule is COCCCOCCC1COCCC1O. The highest BCUT2D eigenvalue weighted by molar-refractivity contribution is 4.72. The van der Waals surface area contributed by atoms with Crippen molar-refractivity contribution in [3.63, 3.8) is 0 Å². The summed E-state index contributed by atoms with van der Waals surface area (Å²) in [5, 5.41) is 9.65. The summed E-state index contributed by atoms with van der Waals surface area (Å²) in [7, 11) is 1.69. The van der Waals surface area contributed by atoms with Gasteiger partial charge in [-0.1, -0.05) is 0 Å². The quantitative estimate of drug-likeness (QED) is 0.643. The first-order valence-electron chi connectivity index (χ1n) is 5.67. The van der Waals surface area contributed by atoms with E-state index in [-0.39, 0.29) is 12.0 Å². The molecule has 0 saturated carbocycles. The molecule has 1 aliphatic rings. The van der Waals surface area contributed by atoms with E-state index in [0.29, 0.717) is 19.8 Å². The fourth-order valence-electron chi connectivity index (χ4n) is 1.70. The molecular formula is C11H22O4. The van der Waals surface area contributed by atoms with Gasteiger partial charge in [-0.25, -0.2) is 0 Å². The van der Waals surface area contributed by atoms with Gasteiger partial charge in [0.1, 0.15) is 0 Å². The zero-order valence-corrected chi connectivity index (χ0v) is 9.48. The number of rotatable bonds is 7. The second kappa shape index (κ2) is 8.05. The molecule has 90 valence electrons.